The van der Waals surface area contributed by atoms with Crippen molar-refractivity contribution in [1.29, 1.82) is 0 Å². The van der Waals surface area contributed by atoms with Gasteiger partial charge in [0, 0.05) is 5.56 Å². The fourth-order valence-corrected chi connectivity index (χ4v) is 1.09. The summed E-state index contributed by atoms with van der Waals surface area (Å²) < 4.78 is 8.92. The van der Waals surface area contributed by atoms with E-state index in [1.165, 1.54) is 12.1 Å². The molecule has 0 atom stereocenters. The molecule has 0 saturated carbocycles. The number of aromatic carboxylic acids is 1. The molecule has 1 aromatic carbocycles. The van der Waals surface area contributed by atoms with Crippen LogP contribution >= 0.6 is 11.6 Å². The van der Waals surface area contributed by atoms with E-state index in [1.807, 2.05) is 0 Å². The Bertz CT molecular complexity index is 444. The van der Waals surface area contributed by atoms with Crippen molar-refractivity contribution in [1.82, 2.24) is 0 Å². The van der Waals surface area contributed by atoms with Crippen LogP contribution in [0.15, 0.2) is 21.3 Å². The average Bonchev–Trinajstić information content (AvgIpc) is 1.92. The van der Waals surface area contributed by atoms with Crippen molar-refractivity contribution in [2.75, 3.05) is 0 Å². The third kappa shape index (κ3) is 1.62. The minimum absolute atomic E-state index is 0. The zero-order valence-corrected chi connectivity index (χ0v) is 9.42. The van der Waals surface area contributed by atoms with Gasteiger partial charge in [-0.1, -0.05) is 11.6 Å². The molecule has 13 heavy (non-hydrogen) atoms. The predicted octanol–water partition coefficient (Wildman–Crippen LogP) is -1.95. The maximum atomic E-state index is 10.4. The fourth-order valence-electron chi connectivity index (χ4n) is 0.909. The van der Waals surface area contributed by atoms with Gasteiger partial charge in [-0.15, -0.1) is 0 Å². The molecule has 4 nitrogen and oxygen atoms in total. The second-order valence-electron chi connectivity index (χ2n) is 2.21. The van der Waals surface area contributed by atoms with Gasteiger partial charge in [0.1, 0.15) is 0 Å². The van der Waals surface area contributed by atoms with Crippen molar-refractivity contribution in [2.45, 2.75) is 0 Å². The molecule has 0 spiro atoms. The third-order valence-corrected chi connectivity index (χ3v) is 1.79. The van der Waals surface area contributed by atoms with Crippen molar-refractivity contribution in [3.63, 3.8) is 0 Å². The largest absolute Gasteiger partial charge is 1.00 e. The molecule has 6 heteroatoms. The van der Waals surface area contributed by atoms with E-state index in [0.717, 1.165) is 0 Å². The van der Waals surface area contributed by atoms with Crippen LogP contribution in [0.25, 0.3) is 11.2 Å². The van der Waals surface area contributed by atoms with Crippen molar-refractivity contribution in [2.24, 2.45) is 0 Å². The van der Waals surface area contributed by atoms with Gasteiger partial charge in [0.15, 0.2) is 0 Å². The first kappa shape index (κ1) is 10.7. The molecule has 0 aliphatic heterocycles. The average molecular weight is 209 g/mol. The number of hydrogen-bond donors (Lipinski definition) is 0. The van der Waals surface area contributed by atoms with E-state index in [9.17, 15) is 9.90 Å². The van der Waals surface area contributed by atoms with Crippen LogP contribution in [-0.4, -0.2) is 5.97 Å². The number of carboxylic acid groups (broad SMARTS) is 1. The monoisotopic (exact) mass is 208 g/mol. The van der Waals surface area contributed by atoms with Crippen molar-refractivity contribution >= 4 is 28.7 Å². The molecule has 0 amide bonds. The molecule has 0 aliphatic carbocycles. The Morgan fingerprint density at radius 1 is 1.31 bits per heavy atom. The van der Waals surface area contributed by atoms with Gasteiger partial charge in [0.2, 0.25) is 11.2 Å². The Morgan fingerprint density at radius 2 is 1.92 bits per heavy atom. The van der Waals surface area contributed by atoms with E-state index in [2.05, 4.69) is 9.15 Å². The summed E-state index contributed by atoms with van der Waals surface area (Å²) in [4.78, 5) is 10.4. The fraction of sp³-hybridized carbons (Fsp3) is 0. The van der Waals surface area contributed by atoms with E-state index in [-0.39, 0.29) is 46.3 Å². The predicted molar refractivity (Wildman–Crippen MR) is 37.8 cm³/mol. The second kappa shape index (κ2) is 3.75. The van der Waals surface area contributed by atoms with Gasteiger partial charge in [-0.2, -0.15) is 0 Å². The van der Waals surface area contributed by atoms with Crippen LogP contribution in [0.1, 0.15) is 10.4 Å². The summed E-state index contributed by atoms with van der Waals surface area (Å²) in [6, 6.07) is 2.72. The molecule has 2 aromatic rings. The van der Waals surface area contributed by atoms with E-state index in [0.29, 0.717) is 5.02 Å². The van der Waals surface area contributed by atoms with Gasteiger partial charge in [-0.05, 0) is 12.1 Å². The third-order valence-electron chi connectivity index (χ3n) is 1.49. The maximum absolute atomic E-state index is 10.4. The molecule has 0 fully saturated rings. The van der Waals surface area contributed by atoms with Gasteiger partial charge in [-0.3, -0.25) is 9.15 Å². The van der Waals surface area contributed by atoms with Crippen LogP contribution in [0.2, 0.25) is 5.02 Å². The number of fused-ring (bicyclic) bond motifs is 1. The van der Waals surface area contributed by atoms with Gasteiger partial charge < -0.3 is 9.90 Å². The SMILES string of the molecule is O=C([O-])c1ccc(Cl)c2ooc12.[Na+]. The van der Waals surface area contributed by atoms with Crippen molar-refractivity contribution in [3.8, 4) is 0 Å². The Morgan fingerprint density at radius 3 is 2.38 bits per heavy atom. The number of carbonyl (C=O) groups is 1. The van der Waals surface area contributed by atoms with Crippen LogP contribution < -0.4 is 34.7 Å². The molecule has 1 aromatic heterocycles. The number of rotatable bonds is 1. The summed E-state index contributed by atoms with van der Waals surface area (Å²) in [6.45, 7) is 0. The Hall–Kier alpha value is -0.420. The smallest absolute Gasteiger partial charge is 0.545 e. The molecule has 0 unspecified atom stereocenters. The van der Waals surface area contributed by atoms with Crippen LogP contribution in [0.4, 0.5) is 0 Å². The summed E-state index contributed by atoms with van der Waals surface area (Å²) in [5.41, 5.74) is 0.321. The van der Waals surface area contributed by atoms with E-state index in [4.69, 9.17) is 11.6 Å². The first-order valence-corrected chi connectivity index (χ1v) is 3.46. The number of carbonyl (C=O) groups excluding carboxylic acids is 1. The van der Waals surface area contributed by atoms with E-state index in [1.54, 1.807) is 0 Å². The molecule has 0 radical (unpaired) electrons. The molecular weight excluding hydrogens is 207 g/mol. The maximum Gasteiger partial charge on any atom is 1.00 e. The zero-order valence-electron chi connectivity index (χ0n) is 6.67. The molecule has 0 saturated heterocycles. The zero-order chi connectivity index (χ0) is 8.72. The molecule has 2 rings (SSSR count). The van der Waals surface area contributed by atoms with E-state index < -0.39 is 5.97 Å². The molecule has 0 bridgehead atoms. The van der Waals surface area contributed by atoms with Crippen LogP contribution in [0.5, 0.6) is 0 Å². The van der Waals surface area contributed by atoms with Crippen molar-refractivity contribution in [3.05, 3.63) is 22.7 Å². The topological polar surface area (TPSA) is 66.4 Å². The normalized spacial score (nSPS) is 9.92. The molecule has 0 N–H and O–H groups in total. The number of halogens is 1. The Balaban J connectivity index is 0.000000845. The van der Waals surface area contributed by atoms with Crippen molar-refractivity contribution < 1.29 is 48.6 Å². The summed E-state index contributed by atoms with van der Waals surface area (Å²) >= 11 is 5.62. The summed E-state index contributed by atoms with van der Waals surface area (Å²) in [5.74, 6) is -1.31. The molecule has 0 aliphatic rings. The minimum Gasteiger partial charge on any atom is -0.545 e. The van der Waals surface area contributed by atoms with Gasteiger partial charge >= 0.3 is 29.6 Å². The van der Waals surface area contributed by atoms with Gasteiger partial charge in [0.05, 0.1) is 11.0 Å². The van der Waals surface area contributed by atoms with Crippen LogP contribution in [0.3, 0.4) is 0 Å². The Kier molecular flexibility index (Phi) is 3.08. The van der Waals surface area contributed by atoms with Gasteiger partial charge in [-0.25, -0.2) is 0 Å². The quantitative estimate of drug-likeness (QED) is 0.404. The number of benzene rings is 1. The summed E-state index contributed by atoms with van der Waals surface area (Å²) in [5, 5.41) is 10.8. The van der Waals surface area contributed by atoms with Crippen LogP contribution in [0, 0.1) is 0 Å². The first-order chi connectivity index (χ1) is 5.70. The second-order valence-corrected chi connectivity index (χ2v) is 2.61. The minimum atomic E-state index is -1.31. The van der Waals surface area contributed by atoms with Gasteiger partial charge in [0.25, 0.3) is 0 Å². The standard InChI is InChI=1S/C7H3ClO4.Na/c8-4-2-1-3(7(9)10)5-6(4)12-11-5;/h1-2H,(H,9,10);/q;+1/p-1. The first-order valence-electron chi connectivity index (χ1n) is 3.08. The summed E-state index contributed by atoms with van der Waals surface area (Å²) in [7, 11) is 0. The molecule has 62 valence electrons. The number of hydrogen-bond acceptors (Lipinski definition) is 4. The van der Waals surface area contributed by atoms with E-state index >= 15 is 0 Å². The summed E-state index contributed by atoms with van der Waals surface area (Å²) in [6.07, 6.45) is 0. The Labute approximate surface area is 99.7 Å². The van der Waals surface area contributed by atoms with Crippen LogP contribution in [-0.2, 0) is 0 Å². The number of carboxylic acids is 1. The molecular formula is C7H2ClNaO4. The molecule has 1 heterocycles.